The van der Waals surface area contributed by atoms with E-state index >= 15 is 0 Å². The molecule has 0 aliphatic carbocycles. The second kappa shape index (κ2) is 8.91. The molecule has 0 spiro atoms. The minimum Gasteiger partial charge on any atom is -0.378 e. The van der Waals surface area contributed by atoms with E-state index < -0.39 is 0 Å². The van der Waals surface area contributed by atoms with Crippen molar-refractivity contribution in [1.82, 2.24) is 15.0 Å². The highest BCUT2D eigenvalue weighted by atomic mass is 32.2. The lowest BCUT2D eigenvalue weighted by Crippen LogP contribution is -2.42. The van der Waals surface area contributed by atoms with Crippen molar-refractivity contribution in [2.24, 2.45) is 0 Å². The van der Waals surface area contributed by atoms with Crippen molar-refractivity contribution in [2.75, 3.05) is 42.3 Å². The van der Waals surface area contributed by atoms with Crippen molar-refractivity contribution in [3.63, 3.8) is 0 Å². The lowest BCUT2D eigenvalue weighted by molar-refractivity contribution is -0.572. The number of hydrogen-bond acceptors (Lipinski definition) is 8. The fourth-order valence-corrected chi connectivity index (χ4v) is 3.10. The van der Waals surface area contributed by atoms with E-state index in [9.17, 15) is 4.79 Å². The van der Waals surface area contributed by atoms with Crippen molar-refractivity contribution in [2.45, 2.75) is 25.0 Å². The van der Waals surface area contributed by atoms with Gasteiger partial charge in [0, 0.05) is 31.3 Å². The van der Waals surface area contributed by atoms with Gasteiger partial charge in [0.05, 0.1) is 13.2 Å². The van der Waals surface area contributed by atoms with Gasteiger partial charge in [0.25, 0.3) is 0 Å². The summed E-state index contributed by atoms with van der Waals surface area (Å²) in [6.45, 7) is 6.86. The summed E-state index contributed by atoms with van der Waals surface area (Å²) >= 11 is 1.31. The summed E-state index contributed by atoms with van der Waals surface area (Å²) in [5, 5.41) is 3.76. The topological polar surface area (TPSA) is 84.1 Å². The number of rotatable bonds is 6. The number of hydrogen-bond donors (Lipinski definition) is 1. The number of anilines is 2. The van der Waals surface area contributed by atoms with Gasteiger partial charge in [-0.05, 0) is 13.8 Å². The van der Waals surface area contributed by atoms with Crippen LogP contribution in [0.1, 0.15) is 18.6 Å². The van der Waals surface area contributed by atoms with Gasteiger partial charge in [0.1, 0.15) is 5.75 Å². The Morgan fingerprint density at radius 3 is 2.65 bits per heavy atom. The summed E-state index contributed by atoms with van der Waals surface area (Å²) in [5.41, 5.74) is 0. The standard InChI is InChI=1S/C17H23N6O2S/c1-13(2)18-15-19-16(23-8-10-25-11-9-23)21-17(20-15)26-12-14(24)22-6-4-3-5-7-22/h3-7,13H,8-12H2,1-2H3,(H,18,19,20,21)/q+1. The SMILES string of the molecule is CC(C)Nc1nc(SCC(=O)[n+]2ccccc2)nc(N2CCOCC2)n1. The van der Waals surface area contributed by atoms with E-state index in [0.29, 0.717) is 30.3 Å². The molecule has 3 heterocycles. The van der Waals surface area contributed by atoms with Crippen LogP contribution in [0, 0.1) is 0 Å². The normalized spacial score (nSPS) is 14.5. The molecule has 8 nitrogen and oxygen atoms in total. The molecule has 0 atom stereocenters. The van der Waals surface area contributed by atoms with Gasteiger partial charge in [-0.3, -0.25) is 0 Å². The van der Waals surface area contributed by atoms with Crippen LogP contribution in [-0.2, 0) is 4.74 Å². The van der Waals surface area contributed by atoms with Gasteiger partial charge in [-0.15, -0.1) is 4.57 Å². The smallest absolute Gasteiger partial charge is 0.378 e. The van der Waals surface area contributed by atoms with Gasteiger partial charge >= 0.3 is 5.91 Å². The largest absolute Gasteiger partial charge is 0.402 e. The molecule has 0 radical (unpaired) electrons. The summed E-state index contributed by atoms with van der Waals surface area (Å²) < 4.78 is 6.95. The Morgan fingerprint density at radius 2 is 1.96 bits per heavy atom. The van der Waals surface area contributed by atoms with Crippen LogP contribution in [0.2, 0.25) is 0 Å². The average molecular weight is 375 g/mol. The second-order valence-corrected chi connectivity index (χ2v) is 7.05. The Labute approximate surface area is 157 Å². The maximum Gasteiger partial charge on any atom is 0.402 e. The summed E-state index contributed by atoms with van der Waals surface area (Å²) in [5.74, 6) is 1.37. The molecule has 1 fully saturated rings. The summed E-state index contributed by atoms with van der Waals surface area (Å²) in [6, 6.07) is 5.73. The summed E-state index contributed by atoms with van der Waals surface area (Å²) in [6.07, 6.45) is 3.47. The number of ether oxygens (including phenoxy) is 1. The molecule has 3 rings (SSSR count). The van der Waals surface area contributed by atoms with E-state index in [1.54, 1.807) is 17.0 Å². The number of aromatic nitrogens is 4. The third-order valence-corrected chi connectivity index (χ3v) is 4.48. The Bertz CT molecular complexity index is 737. The van der Waals surface area contributed by atoms with Crippen LogP contribution < -0.4 is 14.8 Å². The average Bonchev–Trinajstić information content (AvgIpc) is 2.67. The number of carbonyl (C=O) groups excluding carboxylic acids is 1. The number of thioether (sulfide) groups is 1. The zero-order valence-corrected chi connectivity index (χ0v) is 15.8. The predicted octanol–water partition coefficient (Wildman–Crippen LogP) is 1.25. The fraction of sp³-hybridized carbons (Fsp3) is 0.471. The van der Waals surface area contributed by atoms with Crippen LogP contribution in [0.25, 0.3) is 0 Å². The Balaban J connectivity index is 1.75. The molecule has 0 aromatic carbocycles. The van der Waals surface area contributed by atoms with E-state index in [1.807, 2.05) is 32.0 Å². The Kier molecular flexibility index (Phi) is 6.35. The number of pyridine rings is 1. The highest BCUT2D eigenvalue weighted by Gasteiger charge is 2.19. The first-order valence-electron chi connectivity index (χ1n) is 8.59. The number of nitrogens with zero attached hydrogens (tertiary/aromatic N) is 5. The first kappa shape index (κ1) is 18.5. The van der Waals surface area contributed by atoms with Crippen LogP contribution in [-0.4, -0.2) is 59.0 Å². The molecule has 0 bridgehead atoms. The molecule has 1 aliphatic heterocycles. The highest BCUT2D eigenvalue weighted by Crippen LogP contribution is 2.19. The molecule has 138 valence electrons. The third kappa shape index (κ3) is 5.12. The molecule has 0 amide bonds. The van der Waals surface area contributed by atoms with Gasteiger partial charge in [-0.2, -0.15) is 15.0 Å². The second-order valence-electron chi connectivity index (χ2n) is 6.11. The van der Waals surface area contributed by atoms with Gasteiger partial charge < -0.3 is 15.0 Å². The molecule has 1 N–H and O–H groups in total. The van der Waals surface area contributed by atoms with Gasteiger partial charge in [-0.25, -0.2) is 4.79 Å². The maximum absolute atomic E-state index is 12.3. The first-order valence-corrected chi connectivity index (χ1v) is 9.58. The Hall–Kier alpha value is -2.26. The maximum atomic E-state index is 12.3. The number of morpholine rings is 1. The predicted molar refractivity (Wildman–Crippen MR) is 99.6 cm³/mol. The van der Waals surface area contributed by atoms with E-state index in [-0.39, 0.29) is 17.7 Å². The van der Waals surface area contributed by atoms with Crippen LogP contribution in [0.4, 0.5) is 11.9 Å². The molecule has 1 aliphatic rings. The molecule has 0 unspecified atom stereocenters. The van der Waals surface area contributed by atoms with Crippen LogP contribution in [0.5, 0.6) is 0 Å². The molecule has 26 heavy (non-hydrogen) atoms. The van der Waals surface area contributed by atoms with E-state index in [1.165, 1.54) is 11.8 Å². The molecule has 1 saturated heterocycles. The zero-order chi connectivity index (χ0) is 18.4. The third-order valence-electron chi connectivity index (χ3n) is 3.64. The molecule has 2 aromatic heterocycles. The van der Waals surface area contributed by atoms with Crippen molar-refractivity contribution in [3.05, 3.63) is 30.6 Å². The fourth-order valence-electron chi connectivity index (χ4n) is 2.40. The molecular weight excluding hydrogens is 352 g/mol. The van der Waals surface area contributed by atoms with Crippen molar-refractivity contribution >= 4 is 29.6 Å². The van der Waals surface area contributed by atoms with Crippen LogP contribution >= 0.6 is 11.8 Å². The van der Waals surface area contributed by atoms with E-state index in [0.717, 1.165) is 13.1 Å². The van der Waals surface area contributed by atoms with Crippen molar-refractivity contribution < 1.29 is 14.1 Å². The molecule has 0 saturated carbocycles. The van der Waals surface area contributed by atoms with Crippen LogP contribution in [0.15, 0.2) is 35.7 Å². The lowest BCUT2D eigenvalue weighted by atomic mass is 10.4. The van der Waals surface area contributed by atoms with Crippen molar-refractivity contribution in [1.29, 1.82) is 0 Å². The zero-order valence-electron chi connectivity index (χ0n) is 15.0. The van der Waals surface area contributed by atoms with E-state index in [4.69, 9.17) is 4.74 Å². The van der Waals surface area contributed by atoms with Gasteiger partial charge in [0.15, 0.2) is 17.6 Å². The van der Waals surface area contributed by atoms with Gasteiger partial charge in [-0.1, -0.05) is 17.8 Å². The molecular formula is C17H23N6O2S+. The minimum absolute atomic E-state index is 0.0256. The summed E-state index contributed by atoms with van der Waals surface area (Å²) in [4.78, 5) is 27.9. The van der Waals surface area contributed by atoms with Crippen LogP contribution in [0.3, 0.4) is 0 Å². The number of nitrogens with one attached hydrogen (secondary N) is 1. The first-order chi connectivity index (χ1) is 12.6. The lowest BCUT2D eigenvalue weighted by Gasteiger charge is -2.27. The monoisotopic (exact) mass is 375 g/mol. The quantitative estimate of drug-likeness (QED) is 0.597. The highest BCUT2D eigenvalue weighted by molar-refractivity contribution is 7.99. The molecule has 9 heteroatoms. The van der Waals surface area contributed by atoms with Gasteiger partial charge in [0.2, 0.25) is 11.9 Å². The summed E-state index contributed by atoms with van der Waals surface area (Å²) in [7, 11) is 0. The van der Waals surface area contributed by atoms with Crippen molar-refractivity contribution in [3.8, 4) is 0 Å². The van der Waals surface area contributed by atoms with E-state index in [2.05, 4.69) is 25.2 Å². The minimum atomic E-state index is -0.0256. The number of carbonyl (C=O) groups is 1. The Morgan fingerprint density at radius 1 is 1.23 bits per heavy atom. The molecule has 2 aromatic rings.